The number of phenolic OH excluding ortho intramolecular Hbond substituents is 1. The fourth-order valence-corrected chi connectivity index (χ4v) is 2.33. The molecule has 1 aliphatic rings. The van der Waals surface area contributed by atoms with Crippen molar-refractivity contribution in [1.29, 1.82) is 0 Å². The van der Waals surface area contributed by atoms with Gasteiger partial charge in [-0.3, -0.25) is 0 Å². The maximum Gasteiger partial charge on any atom is 0.124 e. The molecule has 2 rings (SSSR count). The topological polar surface area (TPSA) is 41.5 Å². The summed E-state index contributed by atoms with van der Waals surface area (Å²) in [6.07, 6.45) is 2.50. The van der Waals surface area contributed by atoms with Crippen LogP contribution in [0, 0.1) is 5.92 Å². The van der Waals surface area contributed by atoms with Gasteiger partial charge in [0.25, 0.3) is 0 Å². The third-order valence-electron chi connectivity index (χ3n) is 3.62. The molecule has 3 atom stereocenters. The molecule has 17 heavy (non-hydrogen) atoms. The zero-order valence-corrected chi connectivity index (χ0v) is 10.7. The highest BCUT2D eigenvalue weighted by Gasteiger charge is 2.36. The third kappa shape index (κ3) is 2.72. The van der Waals surface area contributed by atoms with Crippen LogP contribution in [0.5, 0.6) is 11.5 Å². The highest BCUT2D eigenvalue weighted by atomic mass is 16.5. The minimum atomic E-state index is 0.183. The summed E-state index contributed by atoms with van der Waals surface area (Å²) in [7, 11) is 1.60. The summed E-state index contributed by atoms with van der Waals surface area (Å²) in [5.41, 5.74) is 0.938. The molecule has 0 aromatic heterocycles. The van der Waals surface area contributed by atoms with Crippen LogP contribution in [0.15, 0.2) is 18.2 Å². The normalized spacial score (nSPS) is 24.4. The van der Waals surface area contributed by atoms with E-state index in [1.807, 2.05) is 12.1 Å². The summed E-state index contributed by atoms with van der Waals surface area (Å²) in [5, 5.41) is 13.5. The number of methoxy groups -OCH3 is 1. The lowest BCUT2D eigenvalue weighted by Crippen LogP contribution is -2.22. The zero-order valence-electron chi connectivity index (χ0n) is 10.7. The highest BCUT2D eigenvalue weighted by Crippen LogP contribution is 2.36. The van der Waals surface area contributed by atoms with E-state index in [4.69, 9.17) is 4.74 Å². The number of aromatic hydroxyl groups is 1. The Morgan fingerprint density at radius 1 is 1.53 bits per heavy atom. The number of hydrogen-bond acceptors (Lipinski definition) is 3. The van der Waals surface area contributed by atoms with E-state index in [1.165, 1.54) is 12.8 Å². The van der Waals surface area contributed by atoms with Crippen LogP contribution in [0.4, 0.5) is 0 Å². The molecule has 0 saturated heterocycles. The summed E-state index contributed by atoms with van der Waals surface area (Å²) in [5.74, 6) is 1.81. The van der Waals surface area contributed by atoms with Gasteiger partial charge in [-0.25, -0.2) is 0 Å². The lowest BCUT2D eigenvalue weighted by atomic mass is 10.1. The van der Waals surface area contributed by atoms with Crippen LogP contribution in [0.3, 0.4) is 0 Å². The number of rotatable bonds is 5. The molecule has 3 unspecified atom stereocenters. The Morgan fingerprint density at radius 3 is 2.82 bits per heavy atom. The molecule has 0 bridgehead atoms. The van der Waals surface area contributed by atoms with Gasteiger partial charge in [0.15, 0.2) is 0 Å². The van der Waals surface area contributed by atoms with Crippen LogP contribution in [-0.2, 0) is 0 Å². The van der Waals surface area contributed by atoms with Gasteiger partial charge >= 0.3 is 0 Å². The number of benzene rings is 1. The van der Waals surface area contributed by atoms with Crippen molar-refractivity contribution in [2.24, 2.45) is 5.92 Å². The fraction of sp³-hybridized carbons (Fsp3) is 0.571. The number of ether oxygens (including phenoxy) is 1. The van der Waals surface area contributed by atoms with Gasteiger partial charge in [-0.15, -0.1) is 0 Å². The van der Waals surface area contributed by atoms with E-state index in [2.05, 4.69) is 19.2 Å². The highest BCUT2D eigenvalue weighted by molar-refractivity contribution is 5.41. The van der Waals surface area contributed by atoms with Gasteiger partial charge in [0.2, 0.25) is 0 Å². The van der Waals surface area contributed by atoms with Crippen LogP contribution in [0.1, 0.15) is 38.3 Å². The lowest BCUT2D eigenvalue weighted by Gasteiger charge is -2.16. The summed E-state index contributed by atoms with van der Waals surface area (Å²) < 4.78 is 5.08. The summed E-state index contributed by atoms with van der Waals surface area (Å²) >= 11 is 0. The first kappa shape index (κ1) is 12.2. The second kappa shape index (κ2) is 4.96. The Hall–Kier alpha value is -1.22. The SMILES string of the molecule is CCC1CC1NC(C)c1ccc(OC)cc1O. The minimum absolute atomic E-state index is 0.183. The monoisotopic (exact) mass is 235 g/mol. The van der Waals surface area contributed by atoms with Gasteiger partial charge in [0.1, 0.15) is 11.5 Å². The molecule has 1 aromatic carbocycles. The molecule has 0 radical (unpaired) electrons. The molecule has 2 N–H and O–H groups in total. The predicted molar refractivity (Wildman–Crippen MR) is 68.4 cm³/mol. The van der Waals surface area contributed by atoms with E-state index in [9.17, 15) is 5.11 Å². The van der Waals surface area contributed by atoms with E-state index < -0.39 is 0 Å². The second-order valence-electron chi connectivity index (χ2n) is 4.82. The van der Waals surface area contributed by atoms with Crippen molar-refractivity contribution in [3.05, 3.63) is 23.8 Å². The van der Waals surface area contributed by atoms with Gasteiger partial charge in [0, 0.05) is 23.7 Å². The van der Waals surface area contributed by atoms with Crippen molar-refractivity contribution < 1.29 is 9.84 Å². The van der Waals surface area contributed by atoms with Crippen LogP contribution in [-0.4, -0.2) is 18.3 Å². The molecule has 1 aromatic rings. The molecular weight excluding hydrogens is 214 g/mol. The van der Waals surface area contributed by atoms with Crippen molar-refractivity contribution >= 4 is 0 Å². The van der Waals surface area contributed by atoms with Crippen molar-refractivity contribution in [2.45, 2.75) is 38.8 Å². The summed E-state index contributed by atoms with van der Waals surface area (Å²) in [6, 6.07) is 6.28. The molecule has 1 saturated carbocycles. The first-order chi connectivity index (χ1) is 8.15. The number of phenols is 1. The van der Waals surface area contributed by atoms with Gasteiger partial charge in [-0.05, 0) is 25.3 Å². The minimum Gasteiger partial charge on any atom is -0.507 e. The first-order valence-corrected chi connectivity index (χ1v) is 6.28. The Kier molecular flexibility index (Phi) is 3.57. The Morgan fingerprint density at radius 2 is 2.29 bits per heavy atom. The van der Waals surface area contributed by atoms with Crippen molar-refractivity contribution in [1.82, 2.24) is 5.32 Å². The van der Waals surface area contributed by atoms with Crippen LogP contribution >= 0.6 is 0 Å². The van der Waals surface area contributed by atoms with E-state index in [0.717, 1.165) is 11.5 Å². The molecule has 3 nitrogen and oxygen atoms in total. The maximum absolute atomic E-state index is 9.93. The van der Waals surface area contributed by atoms with Crippen molar-refractivity contribution in [2.75, 3.05) is 7.11 Å². The Bertz CT molecular complexity index is 392. The molecule has 0 spiro atoms. The quantitative estimate of drug-likeness (QED) is 0.824. The average molecular weight is 235 g/mol. The van der Waals surface area contributed by atoms with E-state index in [0.29, 0.717) is 17.5 Å². The molecular formula is C14H21NO2. The summed E-state index contributed by atoms with van der Waals surface area (Å²) in [4.78, 5) is 0. The Labute approximate surface area is 103 Å². The molecule has 0 aliphatic heterocycles. The van der Waals surface area contributed by atoms with Crippen molar-refractivity contribution in [3.8, 4) is 11.5 Å². The molecule has 0 amide bonds. The predicted octanol–water partition coefficient (Wildman–Crippen LogP) is 2.85. The molecule has 3 heteroatoms. The van der Waals surface area contributed by atoms with Crippen LogP contribution < -0.4 is 10.1 Å². The molecule has 1 fully saturated rings. The largest absolute Gasteiger partial charge is 0.507 e. The number of hydrogen-bond donors (Lipinski definition) is 2. The standard InChI is InChI=1S/C14H21NO2/c1-4-10-7-13(10)15-9(2)12-6-5-11(17-3)8-14(12)16/h5-6,8-10,13,15-16H,4,7H2,1-3H3. The maximum atomic E-state index is 9.93. The van der Waals surface area contributed by atoms with E-state index in [-0.39, 0.29) is 6.04 Å². The Balaban J connectivity index is 2.01. The zero-order chi connectivity index (χ0) is 12.4. The van der Waals surface area contributed by atoms with Gasteiger partial charge in [-0.1, -0.05) is 19.4 Å². The average Bonchev–Trinajstić information content (AvgIpc) is 3.07. The van der Waals surface area contributed by atoms with Crippen LogP contribution in [0.25, 0.3) is 0 Å². The molecule has 0 heterocycles. The number of nitrogens with one attached hydrogen (secondary N) is 1. The summed E-state index contributed by atoms with van der Waals surface area (Å²) in [6.45, 7) is 4.31. The van der Waals surface area contributed by atoms with Crippen LogP contribution in [0.2, 0.25) is 0 Å². The van der Waals surface area contributed by atoms with Crippen molar-refractivity contribution in [3.63, 3.8) is 0 Å². The first-order valence-electron chi connectivity index (χ1n) is 6.28. The fourth-order valence-electron chi connectivity index (χ4n) is 2.33. The van der Waals surface area contributed by atoms with Gasteiger partial charge < -0.3 is 15.2 Å². The molecule has 1 aliphatic carbocycles. The third-order valence-corrected chi connectivity index (χ3v) is 3.62. The smallest absolute Gasteiger partial charge is 0.124 e. The van der Waals surface area contributed by atoms with Gasteiger partial charge in [-0.2, -0.15) is 0 Å². The second-order valence-corrected chi connectivity index (χ2v) is 4.82. The van der Waals surface area contributed by atoms with E-state index >= 15 is 0 Å². The van der Waals surface area contributed by atoms with E-state index in [1.54, 1.807) is 13.2 Å². The lowest BCUT2D eigenvalue weighted by molar-refractivity contribution is 0.403. The van der Waals surface area contributed by atoms with Gasteiger partial charge in [0.05, 0.1) is 7.11 Å². The molecule has 94 valence electrons.